The van der Waals surface area contributed by atoms with E-state index in [1.165, 1.54) is 5.20 Å². The Kier molecular flexibility index (Phi) is 4.04. The summed E-state index contributed by atoms with van der Waals surface area (Å²) in [5.41, 5.74) is 0. The van der Waals surface area contributed by atoms with E-state index >= 15 is 0 Å². The molecule has 11 heavy (non-hydrogen) atoms. The monoisotopic (exact) mass is 172 g/mol. The van der Waals surface area contributed by atoms with Gasteiger partial charge in [0.05, 0.1) is 14.7 Å². The van der Waals surface area contributed by atoms with Gasteiger partial charge in [-0.1, -0.05) is 44.8 Å². The summed E-state index contributed by atoms with van der Waals surface area (Å²) in [5.74, 6) is 0.591. The van der Waals surface area contributed by atoms with Gasteiger partial charge in [0.15, 0.2) is 0 Å². The van der Waals surface area contributed by atoms with Gasteiger partial charge in [0, 0.05) is 0 Å². The average Bonchev–Trinajstić information content (AvgIpc) is 1.79. The molecule has 0 spiro atoms. The third kappa shape index (κ3) is 3.73. The summed E-state index contributed by atoms with van der Waals surface area (Å²) in [6, 6.07) is 0. The fourth-order valence-electron chi connectivity index (χ4n) is 1.51. The van der Waals surface area contributed by atoms with Gasteiger partial charge in [-0.2, -0.15) is 0 Å². The highest BCUT2D eigenvalue weighted by molar-refractivity contribution is 6.83. The van der Waals surface area contributed by atoms with Crippen molar-refractivity contribution in [2.45, 2.75) is 33.5 Å². The zero-order chi connectivity index (χ0) is 9.07. The molecule has 0 saturated carbocycles. The molecule has 1 nitrogen and oxygen atoms in total. The lowest BCUT2D eigenvalue weighted by Crippen LogP contribution is -2.27. The molecule has 0 bridgehead atoms. The number of aliphatic hydroxyl groups excluding tert-OH is 1. The van der Waals surface area contributed by atoms with Crippen LogP contribution < -0.4 is 0 Å². The Balaban J connectivity index is 4.49. The second kappa shape index (κ2) is 4.07. The quantitative estimate of drug-likeness (QED) is 0.648. The van der Waals surface area contributed by atoms with Crippen LogP contribution in [0.4, 0.5) is 0 Å². The van der Waals surface area contributed by atoms with E-state index in [9.17, 15) is 0 Å². The molecule has 0 aromatic rings. The first-order valence-corrected chi connectivity index (χ1v) is 7.71. The lowest BCUT2D eigenvalue weighted by atomic mass is 10.2. The van der Waals surface area contributed by atoms with Crippen LogP contribution in [0.5, 0.6) is 0 Å². The van der Waals surface area contributed by atoms with Crippen molar-refractivity contribution in [1.82, 2.24) is 0 Å². The molecule has 0 aliphatic carbocycles. The highest BCUT2D eigenvalue weighted by Crippen LogP contribution is 2.21. The van der Waals surface area contributed by atoms with Gasteiger partial charge in [0.25, 0.3) is 0 Å². The number of allylic oxidation sites excluding steroid dienone is 1. The molecule has 1 N–H and O–H groups in total. The first kappa shape index (κ1) is 10.9. The average molecular weight is 172 g/mol. The van der Waals surface area contributed by atoms with E-state index in [1.54, 1.807) is 0 Å². The smallest absolute Gasteiger partial charge is 0.0724 e. The predicted molar refractivity (Wildman–Crippen MR) is 53.4 cm³/mol. The maximum Gasteiger partial charge on any atom is 0.0724 e. The largest absolute Gasteiger partial charge is 0.392 e. The standard InChI is InChI=1S/C9H20OSi/c1-8(2)9(6-7-10)11(3,4)5/h6,8,10H,7H2,1-5H3/b9-6-. The molecule has 0 aromatic carbocycles. The van der Waals surface area contributed by atoms with Crippen molar-refractivity contribution in [2.24, 2.45) is 5.92 Å². The molecule has 66 valence electrons. The molecular formula is C9H20OSi. The number of hydrogen-bond donors (Lipinski definition) is 1. The van der Waals surface area contributed by atoms with Gasteiger partial charge in [-0.05, 0) is 5.92 Å². The van der Waals surface area contributed by atoms with Crippen LogP contribution in [0, 0.1) is 5.92 Å². The lowest BCUT2D eigenvalue weighted by molar-refractivity contribution is 0.341. The van der Waals surface area contributed by atoms with Crippen molar-refractivity contribution in [3.8, 4) is 0 Å². The van der Waals surface area contributed by atoms with Gasteiger partial charge in [0.2, 0.25) is 0 Å². The topological polar surface area (TPSA) is 20.2 Å². The van der Waals surface area contributed by atoms with Gasteiger partial charge < -0.3 is 5.11 Å². The Bertz CT molecular complexity index is 142. The summed E-state index contributed by atoms with van der Waals surface area (Å²) in [5, 5.41) is 10.3. The third-order valence-corrected chi connectivity index (χ3v) is 4.31. The second-order valence-corrected chi connectivity index (χ2v) is 9.32. The molecule has 0 heterocycles. The Hall–Kier alpha value is -0.0831. The minimum absolute atomic E-state index is 0.192. The summed E-state index contributed by atoms with van der Waals surface area (Å²) in [6.45, 7) is 11.5. The van der Waals surface area contributed by atoms with Crippen LogP contribution in [0.1, 0.15) is 13.8 Å². The minimum atomic E-state index is -1.17. The summed E-state index contributed by atoms with van der Waals surface area (Å²) in [4.78, 5) is 0. The predicted octanol–water partition coefficient (Wildman–Crippen LogP) is 2.44. The summed E-state index contributed by atoms with van der Waals surface area (Å²) < 4.78 is 0. The van der Waals surface area contributed by atoms with E-state index in [0.29, 0.717) is 5.92 Å². The molecule has 0 aliphatic heterocycles. The Morgan fingerprint density at radius 1 is 1.36 bits per heavy atom. The molecule has 0 rings (SSSR count). The fourth-order valence-corrected chi connectivity index (χ4v) is 3.94. The van der Waals surface area contributed by atoms with Gasteiger partial charge in [-0.25, -0.2) is 0 Å². The van der Waals surface area contributed by atoms with Crippen LogP contribution in [0.15, 0.2) is 11.3 Å². The van der Waals surface area contributed by atoms with Crippen LogP contribution in [0.2, 0.25) is 19.6 Å². The molecule has 0 amide bonds. The van der Waals surface area contributed by atoms with Crippen molar-refractivity contribution in [1.29, 1.82) is 0 Å². The van der Waals surface area contributed by atoms with E-state index in [-0.39, 0.29) is 6.61 Å². The van der Waals surface area contributed by atoms with Gasteiger partial charge >= 0.3 is 0 Å². The Morgan fingerprint density at radius 2 is 1.82 bits per heavy atom. The highest BCUT2D eigenvalue weighted by atomic mass is 28.3. The van der Waals surface area contributed by atoms with Gasteiger partial charge in [-0.15, -0.1) is 0 Å². The lowest BCUT2D eigenvalue weighted by Gasteiger charge is -2.24. The van der Waals surface area contributed by atoms with Gasteiger partial charge in [-0.3, -0.25) is 0 Å². The normalized spacial score (nSPS) is 14.3. The van der Waals surface area contributed by atoms with Crippen molar-refractivity contribution >= 4 is 8.07 Å². The molecule has 0 aliphatic rings. The number of aliphatic hydroxyl groups is 1. The van der Waals surface area contributed by atoms with E-state index in [2.05, 4.69) is 33.5 Å². The number of hydrogen-bond acceptors (Lipinski definition) is 1. The summed E-state index contributed by atoms with van der Waals surface area (Å²) in [7, 11) is -1.17. The molecule has 0 saturated heterocycles. The fraction of sp³-hybridized carbons (Fsp3) is 0.778. The van der Waals surface area contributed by atoms with E-state index in [1.807, 2.05) is 6.08 Å². The van der Waals surface area contributed by atoms with Crippen molar-refractivity contribution in [2.75, 3.05) is 6.61 Å². The molecule has 0 radical (unpaired) electrons. The molecule has 0 unspecified atom stereocenters. The van der Waals surface area contributed by atoms with Crippen LogP contribution >= 0.6 is 0 Å². The zero-order valence-corrected chi connectivity index (χ0v) is 9.31. The molecule has 0 atom stereocenters. The van der Waals surface area contributed by atoms with Crippen LogP contribution in [-0.4, -0.2) is 19.8 Å². The first-order valence-electron chi connectivity index (χ1n) is 4.21. The summed E-state index contributed by atoms with van der Waals surface area (Å²) in [6.07, 6.45) is 1.98. The van der Waals surface area contributed by atoms with Crippen molar-refractivity contribution in [3.63, 3.8) is 0 Å². The maximum absolute atomic E-state index is 8.79. The molecule has 2 heteroatoms. The zero-order valence-electron chi connectivity index (χ0n) is 8.31. The molecule has 0 aromatic heterocycles. The van der Waals surface area contributed by atoms with Crippen LogP contribution in [0.25, 0.3) is 0 Å². The van der Waals surface area contributed by atoms with Crippen LogP contribution in [0.3, 0.4) is 0 Å². The minimum Gasteiger partial charge on any atom is -0.392 e. The SMILES string of the molecule is CC(C)/C(=C/CO)[Si](C)(C)C. The van der Waals surface area contributed by atoms with Crippen LogP contribution in [-0.2, 0) is 0 Å². The Morgan fingerprint density at radius 3 is 1.91 bits per heavy atom. The maximum atomic E-state index is 8.79. The second-order valence-electron chi connectivity index (χ2n) is 4.25. The van der Waals surface area contributed by atoms with E-state index in [0.717, 1.165) is 0 Å². The van der Waals surface area contributed by atoms with Gasteiger partial charge in [0.1, 0.15) is 0 Å². The first-order chi connectivity index (χ1) is 4.89. The molecular weight excluding hydrogens is 152 g/mol. The highest BCUT2D eigenvalue weighted by Gasteiger charge is 2.21. The van der Waals surface area contributed by atoms with E-state index < -0.39 is 8.07 Å². The Labute approximate surface area is 71.1 Å². The number of rotatable bonds is 3. The molecule has 0 fully saturated rings. The van der Waals surface area contributed by atoms with Crippen molar-refractivity contribution < 1.29 is 5.11 Å². The van der Waals surface area contributed by atoms with E-state index in [4.69, 9.17) is 5.11 Å². The third-order valence-electron chi connectivity index (χ3n) is 1.80. The van der Waals surface area contributed by atoms with Crippen molar-refractivity contribution in [3.05, 3.63) is 11.3 Å². The summed E-state index contributed by atoms with van der Waals surface area (Å²) >= 11 is 0.